The van der Waals surface area contributed by atoms with E-state index in [4.69, 9.17) is 5.73 Å². The minimum Gasteiger partial charge on any atom is -0.507 e. The van der Waals surface area contributed by atoms with Crippen molar-refractivity contribution in [2.75, 3.05) is 18.8 Å². The van der Waals surface area contributed by atoms with Crippen LogP contribution in [0.2, 0.25) is 0 Å². The van der Waals surface area contributed by atoms with Gasteiger partial charge in [0.15, 0.2) is 0 Å². The summed E-state index contributed by atoms with van der Waals surface area (Å²) < 4.78 is 0. The molecule has 6 heteroatoms. The van der Waals surface area contributed by atoms with E-state index in [0.29, 0.717) is 24.3 Å². The molecule has 0 fully saturated rings. The number of phenols is 1. The van der Waals surface area contributed by atoms with Gasteiger partial charge < -0.3 is 21.5 Å². The number of nitrogens with two attached hydrogens (primary N) is 1. The molecular weight excluding hydrogens is 246 g/mol. The third kappa shape index (κ3) is 5.58. The molecule has 1 aromatic rings. The van der Waals surface area contributed by atoms with E-state index >= 15 is 0 Å². The van der Waals surface area contributed by atoms with Crippen molar-refractivity contribution < 1.29 is 14.7 Å². The van der Waals surface area contributed by atoms with Gasteiger partial charge in [0.1, 0.15) is 5.75 Å². The number of nitrogens with one attached hydrogen (secondary N) is 2. The van der Waals surface area contributed by atoms with Gasteiger partial charge >= 0.3 is 0 Å². The van der Waals surface area contributed by atoms with Gasteiger partial charge in [0.25, 0.3) is 0 Å². The first kappa shape index (κ1) is 14.6. The largest absolute Gasteiger partial charge is 0.507 e. The molecule has 1 aromatic carbocycles. The summed E-state index contributed by atoms with van der Waals surface area (Å²) in [4.78, 5) is 22.0. The van der Waals surface area contributed by atoms with Crippen LogP contribution in [0, 0.1) is 0 Å². The third-order valence-corrected chi connectivity index (χ3v) is 2.26. The number of hydrogen-bond acceptors (Lipinski definition) is 4. The number of nitrogen functional groups attached to an aromatic ring is 1. The van der Waals surface area contributed by atoms with Crippen molar-refractivity contribution in [2.24, 2.45) is 0 Å². The summed E-state index contributed by atoms with van der Waals surface area (Å²) in [5, 5.41) is 14.7. The third-order valence-electron chi connectivity index (χ3n) is 2.26. The lowest BCUT2D eigenvalue weighted by molar-refractivity contribution is -0.119. The number of carbonyl (C=O) groups is 2. The highest BCUT2D eigenvalue weighted by Gasteiger charge is 1.99. The highest BCUT2D eigenvalue weighted by Crippen LogP contribution is 2.20. The molecular formula is C13H17N3O3. The zero-order chi connectivity index (χ0) is 14.3. The van der Waals surface area contributed by atoms with E-state index < -0.39 is 0 Å². The van der Waals surface area contributed by atoms with Gasteiger partial charge in [-0.3, -0.25) is 9.59 Å². The maximum Gasteiger partial charge on any atom is 0.244 e. The minimum atomic E-state index is -0.313. The Kier molecular flexibility index (Phi) is 5.40. The maximum absolute atomic E-state index is 11.4. The predicted octanol–water partition coefficient (Wildman–Crippen LogP) is 0.240. The highest BCUT2D eigenvalue weighted by atomic mass is 16.3. The molecule has 0 saturated heterocycles. The number of hydrogen-bond donors (Lipinski definition) is 4. The summed E-state index contributed by atoms with van der Waals surface area (Å²) in [7, 11) is 0. The van der Waals surface area contributed by atoms with Gasteiger partial charge in [-0.1, -0.05) is 0 Å². The van der Waals surface area contributed by atoms with Gasteiger partial charge in [-0.05, 0) is 24.3 Å². The van der Waals surface area contributed by atoms with Gasteiger partial charge in [-0.25, -0.2) is 0 Å². The van der Waals surface area contributed by atoms with E-state index in [-0.39, 0.29) is 17.6 Å². The van der Waals surface area contributed by atoms with Crippen molar-refractivity contribution >= 4 is 23.6 Å². The van der Waals surface area contributed by atoms with E-state index in [0.717, 1.165) is 0 Å². The van der Waals surface area contributed by atoms with Crippen LogP contribution in [0.3, 0.4) is 0 Å². The second-order valence-corrected chi connectivity index (χ2v) is 3.93. The molecule has 5 N–H and O–H groups in total. The number of amides is 2. The Balaban J connectivity index is 2.45. The number of carbonyl (C=O) groups excluding carboxylic acids is 2. The summed E-state index contributed by atoms with van der Waals surface area (Å²) in [6.45, 7) is 2.12. The van der Waals surface area contributed by atoms with E-state index in [1.165, 1.54) is 25.1 Å². The molecule has 0 heterocycles. The van der Waals surface area contributed by atoms with Crippen LogP contribution in [-0.4, -0.2) is 30.0 Å². The molecule has 1 rings (SSSR count). The zero-order valence-electron chi connectivity index (χ0n) is 10.6. The number of aromatic hydroxyl groups is 1. The molecule has 0 aliphatic rings. The van der Waals surface area contributed by atoms with Crippen LogP contribution in [0.25, 0.3) is 6.08 Å². The predicted molar refractivity (Wildman–Crippen MR) is 73.2 cm³/mol. The van der Waals surface area contributed by atoms with Crippen LogP contribution in [0.1, 0.15) is 12.5 Å². The van der Waals surface area contributed by atoms with Crippen LogP contribution >= 0.6 is 0 Å². The Morgan fingerprint density at radius 2 is 2.00 bits per heavy atom. The second kappa shape index (κ2) is 7.05. The molecule has 0 atom stereocenters. The molecule has 0 aromatic heterocycles. The average molecular weight is 263 g/mol. The summed E-state index contributed by atoms with van der Waals surface area (Å²) in [6, 6.07) is 4.60. The van der Waals surface area contributed by atoms with Crippen LogP contribution in [0.4, 0.5) is 5.69 Å². The van der Waals surface area contributed by atoms with Gasteiger partial charge in [0.2, 0.25) is 11.8 Å². The molecule has 6 nitrogen and oxygen atoms in total. The molecule has 0 aliphatic carbocycles. The van der Waals surface area contributed by atoms with E-state index in [2.05, 4.69) is 10.6 Å². The fourth-order valence-corrected chi connectivity index (χ4v) is 1.36. The monoisotopic (exact) mass is 263 g/mol. The van der Waals surface area contributed by atoms with Crippen molar-refractivity contribution in [2.45, 2.75) is 6.92 Å². The quantitative estimate of drug-likeness (QED) is 0.264. The first-order chi connectivity index (χ1) is 8.99. The molecule has 0 saturated carbocycles. The Morgan fingerprint density at radius 3 is 2.68 bits per heavy atom. The Morgan fingerprint density at radius 1 is 1.32 bits per heavy atom. The molecule has 0 radical (unpaired) electrons. The Labute approximate surface area is 111 Å². The van der Waals surface area contributed by atoms with Crippen LogP contribution in [0.15, 0.2) is 24.3 Å². The zero-order valence-corrected chi connectivity index (χ0v) is 10.6. The van der Waals surface area contributed by atoms with Gasteiger partial charge in [-0.15, -0.1) is 0 Å². The fourth-order valence-electron chi connectivity index (χ4n) is 1.36. The normalized spacial score (nSPS) is 10.4. The topological polar surface area (TPSA) is 104 Å². The summed E-state index contributed by atoms with van der Waals surface area (Å²) >= 11 is 0. The smallest absolute Gasteiger partial charge is 0.244 e. The number of anilines is 1. The van der Waals surface area contributed by atoms with Crippen LogP contribution in [-0.2, 0) is 9.59 Å². The molecule has 2 amide bonds. The van der Waals surface area contributed by atoms with E-state index in [9.17, 15) is 14.7 Å². The van der Waals surface area contributed by atoms with Gasteiger partial charge in [0, 0.05) is 37.3 Å². The first-order valence-corrected chi connectivity index (χ1v) is 5.78. The highest BCUT2D eigenvalue weighted by molar-refractivity contribution is 5.92. The van der Waals surface area contributed by atoms with Gasteiger partial charge in [0.05, 0.1) is 0 Å². The fraction of sp³-hybridized carbons (Fsp3) is 0.231. The summed E-state index contributed by atoms with van der Waals surface area (Å²) in [6.07, 6.45) is 2.77. The van der Waals surface area contributed by atoms with E-state index in [1.54, 1.807) is 12.1 Å². The van der Waals surface area contributed by atoms with Crippen LogP contribution in [0.5, 0.6) is 5.75 Å². The molecule has 0 unspecified atom stereocenters. The number of phenolic OH excluding ortho intramolecular Hbond substituents is 1. The molecule has 0 spiro atoms. The van der Waals surface area contributed by atoms with Gasteiger partial charge in [-0.2, -0.15) is 0 Å². The number of benzene rings is 1. The lowest BCUT2D eigenvalue weighted by Crippen LogP contribution is -2.32. The van der Waals surface area contributed by atoms with Crippen molar-refractivity contribution in [3.63, 3.8) is 0 Å². The van der Waals surface area contributed by atoms with Crippen molar-refractivity contribution in [3.05, 3.63) is 29.8 Å². The number of rotatable bonds is 5. The summed E-state index contributed by atoms with van der Waals surface area (Å²) in [5.41, 5.74) is 6.55. The lowest BCUT2D eigenvalue weighted by Gasteiger charge is -2.03. The first-order valence-electron chi connectivity index (χ1n) is 5.78. The second-order valence-electron chi connectivity index (χ2n) is 3.93. The van der Waals surface area contributed by atoms with Crippen molar-refractivity contribution in [3.8, 4) is 5.75 Å². The Bertz CT molecular complexity index is 498. The standard InChI is InChI=1S/C13H17N3O3/c1-9(17)15-6-7-16-13(19)5-2-10-8-11(14)3-4-12(10)18/h2-5,8,18H,6-7,14H2,1H3,(H,15,17)(H,16,19). The lowest BCUT2D eigenvalue weighted by atomic mass is 10.1. The SMILES string of the molecule is CC(=O)NCCNC(=O)C=Cc1cc(N)ccc1O. The van der Waals surface area contributed by atoms with Crippen molar-refractivity contribution in [1.82, 2.24) is 10.6 Å². The molecule has 0 bridgehead atoms. The van der Waals surface area contributed by atoms with Crippen LogP contribution < -0.4 is 16.4 Å². The summed E-state index contributed by atoms with van der Waals surface area (Å²) in [5.74, 6) is -0.404. The maximum atomic E-state index is 11.4. The molecule has 19 heavy (non-hydrogen) atoms. The molecule has 102 valence electrons. The Hall–Kier alpha value is -2.50. The van der Waals surface area contributed by atoms with Crippen molar-refractivity contribution in [1.29, 1.82) is 0 Å². The molecule has 0 aliphatic heterocycles. The average Bonchev–Trinajstić information content (AvgIpc) is 2.35. The van der Waals surface area contributed by atoms with E-state index in [1.807, 2.05) is 0 Å². The minimum absolute atomic E-state index is 0.0523.